The first-order valence-electron chi connectivity index (χ1n) is 11.2. The summed E-state index contributed by atoms with van der Waals surface area (Å²) in [6.45, 7) is 6.88. The summed E-state index contributed by atoms with van der Waals surface area (Å²) in [5.74, 6) is 2.06. The standard InChI is InChI=1S/C25H26N8O2/c1-15(2)32-12-16(3)30-22(32)18-8-6-17(7-9-18)13-33-23-19(11-29-33)10-26-21(31-23)20-24(34-4)27-14-28-25(20)35-5/h6-12,14-15H,13H2,1-5H3. The summed E-state index contributed by atoms with van der Waals surface area (Å²) in [6, 6.07) is 8.72. The molecule has 0 aliphatic heterocycles. The zero-order valence-electron chi connectivity index (χ0n) is 20.3. The van der Waals surface area contributed by atoms with Gasteiger partial charge in [0.15, 0.2) is 11.5 Å². The summed E-state index contributed by atoms with van der Waals surface area (Å²) >= 11 is 0. The third kappa shape index (κ3) is 4.18. The van der Waals surface area contributed by atoms with Crippen LogP contribution in [-0.2, 0) is 6.54 Å². The van der Waals surface area contributed by atoms with E-state index in [2.05, 4.69) is 68.9 Å². The van der Waals surface area contributed by atoms with Crippen molar-refractivity contribution in [2.75, 3.05) is 14.2 Å². The SMILES string of the molecule is COc1ncnc(OC)c1-c1ncc2cnn(Cc3ccc(-c4nc(C)cn4C(C)C)cc3)c2n1. The molecule has 0 spiro atoms. The highest BCUT2D eigenvalue weighted by Crippen LogP contribution is 2.33. The maximum atomic E-state index is 5.39. The van der Waals surface area contributed by atoms with E-state index in [1.807, 2.05) is 11.6 Å². The number of aryl methyl sites for hydroxylation is 1. The smallest absolute Gasteiger partial charge is 0.231 e. The zero-order valence-corrected chi connectivity index (χ0v) is 20.3. The summed E-state index contributed by atoms with van der Waals surface area (Å²) < 4.78 is 14.8. The highest BCUT2D eigenvalue weighted by Gasteiger charge is 2.19. The van der Waals surface area contributed by atoms with Crippen molar-refractivity contribution in [3.05, 3.63) is 60.4 Å². The van der Waals surface area contributed by atoms with Crippen LogP contribution < -0.4 is 9.47 Å². The summed E-state index contributed by atoms with van der Waals surface area (Å²) in [5, 5.41) is 5.36. The van der Waals surface area contributed by atoms with Gasteiger partial charge in [-0.1, -0.05) is 24.3 Å². The first kappa shape index (κ1) is 22.5. The van der Waals surface area contributed by atoms with Gasteiger partial charge < -0.3 is 14.0 Å². The van der Waals surface area contributed by atoms with E-state index >= 15 is 0 Å². The van der Waals surface area contributed by atoms with Crippen LogP contribution in [0.3, 0.4) is 0 Å². The van der Waals surface area contributed by atoms with Crippen LogP contribution in [0.25, 0.3) is 33.8 Å². The van der Waals surface area contributed by atoms with Gasteiger partial charge in [-0.3, -0.25) is 0 Å². The lowest BCUT2D eigenvalue weighted by Gasteiger charge is -2.12. The number of fused-ring (bicyclic) bond motifs is 1. The predicted molar refractivity (Wildman–Crippen MR) is 131 cm³/mol. The van der Waals surface area contributed by atoms with Gasteiger partial charge >= 0.3 is 0 Å². The third-order valence-corrected chi connectivity index (χ3v) is 5.72. The number of aromatic nitrogens is 8. The van der Waals surface area contributed by atoms with Crippen molar-refractivity contribution in [3.8, 4) is 34.5 Å². The van der Waals surface area contributed by atoms with Gasteiger partial charge in [0.2, 0.25) is 11.8 Å². The molecule has 0 atom stereocenters. The second-order valence-electron chi connectivity index (χ2n) is 8.45. The van der Waals surface area contributed by atoms with Gasteiger partial charge in [-0.2, -0.15) is 5.10 Å². The van der Waals surface area contributed by atoms with Gasteiger partial charge in [-0.25, -0.2) is 29.6 Å². The van der Waals surface area contributed by atoms with E-state index in [0.29, 0.717) is 41.4 Å². The second-order valence-corrected chi connectivity index (χ2v) is 8.45. The number of methoxy groups -OCH3 is 2. The van der Waals surface area contributed by atoms with Gasteiger partial charge in [-0.05, 0) is 26.3 Å². The minimum absolute atomic E-state index is 0.336. The Kier molecular flexibility index (Phi) is 5.86. The molecule has 1 aromatic carbocycles. The molecule has 0 saturated carbocycles. The Balaban J connectivity index is 1.47. The molecule has 10 heteroatoms. The van der Waals surface area contributed by atoms with E-state index < -0.39 is 0 Å². The number of imidazole rings is 1. The van der Waals surface area contributed by atoms with E-state index in [1.54, 1.807) is 12.4 Å². The predicted octanol–water partition coefficient (Wildman–Crippen LogP) is 4.10. The van der Waals surface area contributed by atoms with Crippen LogP contribution in [0, 0.1) is 6.92 Å². The summed E-state index contributed by atoms with van der Waals surface area (Å²) in [5.41, 5.74) is 4.36. The Morgan fingerprint density at radius 1 is 0.914 bits per heavy atom. The van der Waals surface area contributed by atoms with Crippen molar-refractivity contribution in [2.45, 2.75) is 33.4 Å². The molecule has 10 nitrogen and oxygen atoms in total. The highest BCUT2D eigenvalue weighted by atomic mass is 16.5. The summed E-state index contributed by atoms with van der Waals surface area (Å²) in [4.78, 5) is 22.3. The maximum Gasteiger partial charge on any atom is 0.231 e. The number of nitrogens with zero attached hydrogens (tertiary/aromatic N) is 8. The quantitative estimate of drug-likeness (QED) is 0.350. The van der Waals surface area contributed by atoms with Crippen molar-refractivity contribution in [3.63, 3.8) is 0 Å². The molecule has 0 radical (unpaired) electrons. The van der Waals surface area contributed by atoms with Crippen LogP contribution in [0.2, 0.25) is 0 Å². The number of hydrogen-bond donors (Lipinski definition) is 0. The van der Waals surface area contributed by atoms with E-state index in [1.165, 1.54) is 20.5 Å². The largest absolute Gasteiger partial charge is 0.480 e. The summed E-state index contributed by atoms with van der Waals surface area (Å²) in [6.07, 6.45) is 6.95. The molecule has 5 aromatic rings. The fourth-order valence-corrected chi connectivity index (χ4v) is 4.01. The average Bonchev–Trinajstić information content (AvgIpc) is 3.47. The lowest BCUT2D eigenvalue weighted by atomic mass is 10.1. The molecular formula is C25H26N8O2. The molecule has 178 valence electrons. The van der Waals surface area contributed by atoms with E-state index in [4.69, 9.17) is 19.4 Å². The lowest BCUT2D eigenvalue weighted by molar-refractivity contribution is 0.374. The average molecular weight is 471 g/mol. The molecule has 0 aliphatic rings. The summed E-state index contributed by atoms with van der Waals surface area (Å²) in [7, 11) is 3.07. The molecule has 0 bridgehead atoms. The zero-order chi connectivity index (χ0) is 24.5. The third-order valence-electron chi connectivity index (χ3n) is 5.72. The van der Waals surface area contributed by atoms with Crippen LogP contribution in [0.4, 0.5) is 0 Å². The number of hydrogen-bond acceptors (Lipinski definition) is 8. The molecule has 0 N–H and O–H groups in total. The van der Waals surface area contributed by atoms with Crippen molar-refractivity contribution in [2.24, 2.45) is 0 Å². The van der Waals surface area contributed by atoms with Gasteiger partial charge in [0, 0.05) is 24.0 Å². The fourth-order valence-electron chi connectivity index (χ4n) is 4.01. The van der Waals surface area contributed by atoms with Crippen molar-refractivity contribution in [1.82, 2.24) is 39.3 Å². The van der Waals surface area contributed by atoms with Gasteiger partial charge in [0.1, 0.15) is 17.7 Å². The number of benzene rings is 1. The van der Waals surface area contributed by atoms with Crippen LogP contribution >= 0.6 is 0 Å². The van der Waals surface area contributed by atoms with E-state index in [-0.39, 0.29) is 0 Å². The Morgan fingerprint density at radius 2 is 1.63 bits per heavy atom. The molecule has 0 saturated heterocycles. The highest BCUT2D eigenvalue weighted by molar-refractivity contribution is 5.78. The van der Waals surface area contributed by atoms with Crippen LogP contribution in [0.1, 0.15) is 31.1 Å². The minimum Gasteiger partial charge on any atom is -0.480 e. The van der Waals surface area contributed by atoms with Crippen molar-refractivity contribution < 1.29 is 9.47 Å². The van der Waals surface area contributed by atoms with Crippen molar-refractivity contribution in [1.29, 1.82) is 0 Å². The molecule has 0 unspecified atom stereocenters. The molecule has 5 rings (SSSR count). The Hall–Kier alpha value is -4.34. The Labute approximate surface area is 202 Å². The van der Waals surface area contributed by atoms with Crippen LogP contribution in [-0.4, -0.2) is 53.5 Å². The normalized spacial score (nSPS) is 11.4. The molecule has 4 heterocycles. The van der Waals surface area contributed by atoms with Gasteiger partial charge in [0.05, 0.1) is 38.0 Å². The topological polar surface area (TPSA) is 106 Å². The van der Waals surface area contributed by atoms with E-state index in [9.17, 15) is 0 Å². The number of ether oxygens (including phenoxy) is 2. The Morgan fingerprint density at radius 3 is 2.29 bits per heavy atom. The molecule has 0 amide bonds. The van der Waals surface area contributed by atoms with Crippen molar-refractivity contribution >= 4 is 11.0 Å². The molecular weight excluding hydrogens is 444 g/mol. The first-order valence-corrected chi connectivity index (χ1v) is 11.2. The molecule has 0 aliphatic carbocycles. The first-order chi connectivity index (χ1) is 17.0. The second kappa shape index (κ2) is 9.13. The van der Waals surface area contributed by atoms with Gasteiger partial charge in [0.25, 0.3) is 0 Å². The number of rotatable bonds is 7. The molecule has 35 heavy (non-hydrogen) atoms. The van der Waals surface area contributed by atoms with E-state index in [0.717, 1.165) is 28.0 Å². The molecule has 4 aromatic heterocycles. The fraction of sp³-hybridized carbons (Fsp3) is 0.280. The Bertz CT molecular complexity index is 1470. The van der Waals surface area contributed by atoms with Crippen LogP contribution in [0.5, 0.6) is 11.8 Å². The minimum atomic E-state index is 0.336. The van der Waals surface area contributed by atoms with Gasteiger partial charge in [-0.15, -0.1) is 0 Å². The lowest BCUT2D eigenvalue weighted by Crippen LogP contribution is -2.05. The monoisotopic (exact) mass is 470 g/mol. The van der Waals surface area contributed by atoms with Crippen LogP contribution in [0.15, 0.2) is 49.2 Å². The molecule has 0 fully saturated rings. The maximum absolute atomic E-state index is 5.39.